The summed E-state index contributed by atoms with van der Waals surface area (Å²) in [7, 11) is 0. The van der Waals surface area contributed by atoms with E-state index in [1.54, 1.807) is 0 Å². The van der Waals surface area contributed by atoms with E-state index in [9.17, 15) is 4.79 Å². The minimum Gasteiger partial charge on any atom is -0.294 e. The lowest BCUT2D eigenvalue weighted by Crippen LogP contribution is -2.17. The monoisotopic (exact) mass is 361 g/mol. The largest absolute Gasteiger partial charge is 0.294 e. The number of nitrogens with one attached hydrogen (secondary N) is 1. The zero-order valence-electron chi connectivity index (χ0n) is 14.5. The Hall–Kier alpha value is -2.66. The highest BCUT2D eigenvalue weighted by Crippen LogP contribution is 2.31. The van der Waals surface area contributed by atoms with Crippen molar-refractivity contribution in [2.75, 3.05) is 11.1 Å². The molecule has 0 saturated carbocycles. The molecular formula is C21H19N3OS. The molecule has 0 radical (unpaired) electrons. The highest BCUT2D eigenvalue weighted by Gasteiger charge is 2.18. The van der Waals surface area contributed by atoms with Gasteiger partial charge in [-0.3, -0.25) is 10.1 Å². The van der Waals surface area contributed by atoms with E-state index in [1.165, 1.54) is 22.9 Å². The van der Waals surface area contributed by atoms with E-state index in [1.807, 2.05) is 43.5 Å². The van der Waals surface area contributed by atoms with Gasteiger partial charge in [0.05, 0.1) is 11.4 Å². The lowest BCUT2D eigenvalue weighted by molar-refractivity contribution is -0.113. The summed E-state index contributed by atoms with van der Waals surface area (Å²) in [5.41, 5.74) is 5.71. The first kappa shape index (κ1) is 16.8. The smallest absolute Gasteiger partial charge is 0.237 e. The lowest BCUT2D eigenvalue weighted by Gasteiger charge is -2.18. The number of aromatic nitrogens is 2. The van der Waals surface area contributed by atoms with Crippen molar-refractivity contribution in [3.05, 3.63) is 71.4 Å². The van der Waals surface area contributed by atoms with Crippen LogP contribution < -0.4 is 5.32 Å². The number of anilines is 1. The molecule has 1 aromatic heterocycles. The van der Waals surface area contributed by atoms with E-state index in [0.717, 1.165) is 34.6 Å². The molecule has 0 unspecified atom stereocenters. The number of rotatable bonds is 4. The van der Waals surface area contributed by atoms with Crippen LogP contribution >= 0.6 is 11.8 Å². The predicted molar refractivity (Wildman–Crippen MR) is 105 cm³/mol. The average molecular weight is 361 g/mol. The number of benzene rings is 2. The molecule has 3 aromatic rings. The number of thioether (sulfide) groups is 1. The summed E-state index contributed by atoms with van der Waals surface area (Å²) < 4.78 is 0. The number of hydrogen-bond acceptors (Lipinski definition) is 4. The van der Waals surface area contributed by atoms with E-state index in [2.05, 4.69) is 33.5 Å². The van der Waals surface area contributed by atoms with E-state index in [-0.39, 0.29) is 5.91 Å². The fraction of sp³-hybridized carbons (Fsp3) is 0.190. The molecule has 1 amide bonds. The summed E-state index contributed by atoms with van der Waals surface area (Å²) in [6, 6.07) is 16.4. The fourth-order valence-electron chi connectivity index (χ4n) is 3.07. The summed E-state index contributed by atoms with van der Waals surface area (Å²) in [5.74, 6) is 0.606. The van der Waals surface area contributed by atoms with Gasteiger partial charge in [-0.1, -0.05) is 42.0 Å². The molecule has 0 saturated heterocycles. The predicted octanol–water partition coefficient (Wildman–Crippen LogP) is 4.28. The maximum Gasteiger partial charge on any atom is 0.237 e. The molecule has 2 aromatic carbocycles. The Bertz CT molecular complexity index is 954. The first-order valence-corrected chi connectivity index (χ1v) is 9.61. The molecule has 1 N–H and O–H groups in total. The molecule has 0 atom stereocenters. The Morgan fingerprint density at radius 1 is 1.08 bits per heavy atom. The van der Waals surface area contributed by atoms with Crippen molar-refractivity contribution in [1.29, 1.82) is 0 Å². The van der Waals surface area contributed by atoms with Gasteiger partial charge < -0.3 is 0 Å². The number of nitrogens with zero attached hydrogens (tertiary/aromatic N) is 2. The zero-order valence-corrected chi connectivity index (χ0v) is 15.3. The topological polar surface area (TPSA) is 54.9 Å². The van der Waals surface area contributed by atoms with Crippen molar-refractivity contribution < 1.29 is 4.79 Å². The van der Waals surface area contributed by atoms with Crippen LogP contribution in [-0.4, -0.2) is 21.6 Å². The van der Waals surface area contributed by atoms with Crippen LogP contribution in [0.4, 0.5) is 5.95 Å². The van der Waals surface area contributed by atoms with Gasteiger partial charge in [0.2, 0.25) is 11.9 Å². The third-order valence-corrected chi connectivity index (χ3v) is 5.45. The van der Waals surface area contributed by atoms with Crippen molar-refractivity contribution in [2.24, 2.45) is 0 Å². The van der Waals surface area contributed by atoms with E-state index < -0.39 is 0 Å². The summed E-state index contributed by atoms with van der Waals surface area (Å²) >= 11 is 1.51. The molecule has 0 bridgehead atoms. The van der Waals surface area contributed by atoms with Crippen molar-refractivity contribution >= 4 is 23.6 Å². The Morgan fingerprint density at radius 2 is 1.85 bits per heavy atom. The van der Waals surface area contributed by atoms with Crippen LogP contribution in [0.1, 0.15) is 16.7 Å². The van der Waals surface area contributed by atoms with Crippen molar-refractivity contribution in [2.45, 2.75) is 24.7 Å². The van der Waals surface area contributed by atoms with Gasteiger partial charge in [-0.25, -0.2) is 9.97 Å². The molecule has 1 heterocycles. The third kappa shape index (κ3) is 3.63. The first-order chi connectivity index (χ1) is 12.7. The standard InChI is InChI=1S/C21H19N3OS/c1-14-6-10-17(11-7-14)26-13-19(25)23-21-22-12-16-9-8-15-4-2-3-5-18(15)20(16)24-21/h2-7,10-12H,8-9,13H2,1H3,(H,22,23,24,25). The molecule has 4 rings (SSSR count). The second-order valence-electron chi connectivity index (χ2n) is 6.37. The quantitative estimate of drug-likeness (QED) is 0.705. The fourth-order valence-corrected chi connectivity index (χ4v) is 3.76. The number of fused-ring (bicyclic) bond motifs is 3. The summed E-state index contributed by atoms with van der Waals surface area (Å²) in [5, 5.41) is 2.82. The van der Waals surface area contributed by atoms with Crippen molar-refractivity contribution in [3.8, 4) is 11.3 Å². The number of hydrogen-bond donors (Lipinski definition) is 1. The number of aryl methyl sites for hydroxylation is 3. The summed E-state index contributed by atoms with van der Waals surface area (Å²) in [6.07, 6.45) is 3.77. The van der Waals surface area contributed by atoms with Gasteiger partial charge in [-0.05, 0) is 43.0 Å². The van der Waals surface area contributed by atoms with Gasteiger partial charge in [-0.15, -0.1) is 11.8 Å². The molecule has 0 fully saturated rings. The Labute approximate surface area is 157 Å². The minimum absolute atomic E-state index is 0.0976. The van der Waals surface area contributed by atoms with Crippen LogP contribution in [0.5, 0.6) is 0 Å². The molecule has 5 heteroatoms. The average Bonchev–Trinajstić information content (AvgIpc) is 2.67. The maximum absolute atomic E-state index is 12.3. The molecule has 130 valence electrons. The number of carbonyl (C=O) groups is 1. The maximum atomic E-state index is 12.3. The van der Waals surface area contributed by atoms with Gasteiger partial charge in [0.25, 0.3) is 0 Å². The summed E-state index contributed by atoms with van der Waals surface area (Å²) in [6.45, 7) is 2.05. The normalized spacial score (nSPS) is 12.2. The van der Waals surface area contributed by atoms with Gasteiger partial charge >= 0.3 is 0 Å². The minimum atomic E-state index is -0.0976. The van der Waals surface area contributed by atoms with Crippen LogP contribution in [-0.2, 0) is 17.6 Å². The summed E-state index contributed by atoms with van der Waals surface area (Å²) in [4.78, 5) is 22.3. The second kappa shape index (κ2) is 7.30. The van der Waals surface area contributed by atoms with E-state index >= 15 is 0 Å². The molecule has 1 aliphatic rings. The third-order valence-electron chi connectivity index (χ3n) is 4.44. The molecule has 0 aliphatic heterocycles. The SMILES string of the molecule is Cc1ccc(SCC(=O)Nc2ncc3c(n2)-c2ccccc2CC3)cc1. The Balaban J connectivity index is 1.46. The lowest BCUT2D eigenvalue weighted by atomic mass is 9.90. The number of amides is 1. The van der Waals surface area contributed by atoms with Gasteiger partial charge in [-0.2, -0.15) is 0 Å². The van der Waals surface area contributed by atoms with Crippen LogP contribution in [0.3, 0.4) is 0 Å². The van der Waals surface area contributed by atoms with Gasteiger partial charge in [0.1, 0.15) is 0 Å². The Kier molecular flexibility index (Phi) is 4.71. The van der Waals surface area contributed by atoms with Gasteiger partial charge in [0.15, 0.2) is 0 Å². The molecule has 1 aliphatic carbocycles. The van der Waals surface area contributed by atoms with Crippen LogP contribution in [0.2, 0.25) is 0 Å². The molecular weight excluding hydrogens is 342 g/mol. The number of carbonyl (C=O) groups excluding carboxylic acids is 1. The molecule has 26 heavy (non-hydrogen) atoms. The van der Waals surface area contributed by atoms with Gasteiger partial charge in [0, 0.05) is 16.7 Å². The Morgan fingerprint density at radius 3 is 2.69 bits per heavy atom. The highest BCUT2D eigenvalue weighted by atomic mass is 32.2. The van der Waals surface area contributed by atoms with Crippen molar-refractivity contribution in [1.82, 2.24) is 9.97 Å². The second-order valence-corrected chi connectivity index (χ2v) is 7.42. The molecule has 4 nitrogen and oxygen atoms in total. The first-order valence-electron chi connectivity index (χ1n) is 8.62. The van der Waals surface area contributed by atoms with Crippen LogP contribution in [0.25, 0.3) is 11.3 Å². The van der Waals surface area contributed by atoms with Crippen LogP contribution in [0.15, 0.2) is 59.6 Å². The molecule has 0 spiro atoms. The zero-order chi connectivity index (χ0) is 17.9. The van der Waals surface area contributed by atoms with E-state index in [4.69, 9.17) is 0 Å². The van der Waals surface area contributed by atoms with E-state index in [0.29, 0.717) is 11.7 Å². The van der Waals surface area contributed by atoms with Crippen LogP contribution in [0, 0.1) is 6.92 Å². The van der Waals surface area contributed by atoms with Crippen molar-refractivity contribution in [3.63, 3.8) is 0 Å². The highest BCUT2D eigenvalue weighted by molar-refractivity contribution is 8.00.